The zero-order valence-corrected chi connectivity index (χ0v) is 10.4. The lowest BCUT2D eigenvalue weighted by Crippen LogP contribution is -2.64. The maximum absolute atomic E-state index is 11.6. The number of carbonyl (C=O) groups is 1. The van der Waals surface area contributed by atoms with Crippen molar-refractivity contribution in [3.05, 3.63) is 12.7 Å². The van der Waals surface area contributed by atoms with E-state index in [1.54, 1.807) is 0 Å². The van der Waals surface area contributed by atoms with Crippen LogP contribution in [0.4, 0.5) is 0 Å². The summed E-state index contributed by atoms with van der Waals surface area (Å²) in [7, 11) is 0. The van der Waals surface area contributed by atoms with Crippen LogP contribution >= 0.6 is 0 Å². The summed E-state index contributed by atoms with van der Waals surface area (Å²) in [6.45, 7) is 12.2. The minimum absolute atomic E-state index is 0.0991. The van der Waals surface area contributed by atoms with Crippen LogP contribution in [0.3, 0.4) is 0 Å². The Balaban J connectivity index is 1.93. The van der Waals surface area contributed by atoms with Crippen LogP contribution in [0.1, 0.15) is 26.7 Å². The van der Waals surface area contributed by atoms with Crippen molar-refractivity contribution in [1.29, 1.82) is 0 Å². The van der Waals surface area contributed by atoms with Crippen molar-refractivity contribution in [2.75, 3.05) is 26.2 Å². The molecule has 3 heteroatoms. The van der Waals surface area contributed by atoms with Gasteiger partial charge >= 0.3 is 0 Å². The second kappa shape index (κ2) is 4.21. The molecule has 0 aromatic heterocycles. The molecule has 16 heavy (non-hydrogen) atoms. The van der Waals surface area contributed by atoms with E-state index in [2.05, 4.69) is 25.3 Å². The van der Waals surface area contributed by atoms with Crippen molar-refractivity contribution in [2.24, 2.45) is 5.41 Å². The predicted octanol–water partition coefficient (Wildman–Crippen LogP) is 1.51. The molecule has 0 unspecified atom stereocenters. The highest BCUT2D eigenvalue weighted by molar-refractivity contribution is 5.87. The number of rotatable bonds is 2. The largest absolute Gasteiger partial charge is 0.339 e. The van der Waals surface area contributed by atoms with Crippen molar-refractivity contribution < 1.29 is 4.79 Å². The monoisotopic (exact) mass is 222 g/mol. The molecule has 2 aliphatic rings. The van der Waals surface area contributed by atoms with Crippen molar-refractivity contribution in [3.63, 3.8) is 0 Å². The van der Waals surface area contributed by atoms with Crippen LogP contribution in [0, 0.1) is 5.41 Å². The number of nitrogens with zero attached hydrogens (tertiary/aromatic N) is 2. The molecule has 0 N–H and O–H groups in total. The van der Waals surface area contributed by atoms with E-state index in [0.717, 1.165) is 32.6 Å². The van der Waals surface area contributed by atoms with E-state index in [1.165, 1.54) is 12.5 Å². The third kappa shape index (κ3) is 2.01. The van der Waals surface area contributed by atoms with Gasteiger partial charge in [-0.1, -0.05) is 6.58 Å². The molecule has 0 bridgehead atoms. The van der Waals surface area contributed by atoms with Gasteiger partial charge in [0.05, 0.1) is 0 Å². The topological polar surface area (TPSA) is 23.6 Å². The van der Waals surface area contributed by atoms with Crippen LogP contribution in [0.5, 0.6) is 0 Å². The molecule has 0 saturated carbocycles. The maximum Gasteiger partial charge on any atom is 0.245 e. The molecular formula is C13H22N2O. The molecule has 2 aliphatic heterocycles. The first kappa shape index (κ1) is 11.6. The lowest BCUT2D eigenvalue weighted by molar-refractivity contribution is -0.135. The smallest absolute Gasteiger partial charge is 0.245 e. The van der Waals surface area contributed by atoms with Crippen molar-refractivity contribution in [1.82, 2.24) is 9.80 Å². The molecule has 0 aliphatic carbocycles. The van der Waals surface area contributed by atoms with Gasteiger partial charge in [0.2, 0.25) is 5.91 Å². The molecule has 1 spiro atoms. The minimum Gasteiger partial charge on any atom is -0.339 e. The standard InChI is InChI=1S/C13H22N2O/c1-4-12(16)14-7-5-6-13(8-14)9-15(10-13)11(2)3/h4,11H,1,5-10H2,2-3H3. The fourth-order valence-electron chi connectivity index (χ4n) is 2.96. The van der Waals surface area contributed by atoms with E-state index >= 15 is 0 Å². The van der Waals surface area contributed by atoms with Gasteiger partial charge < -0.3 is 4.90 Å². The summed E-state index contributed by atoms with van der Waals surface area (Å²) >= 11 is 0. The first-order valence-electron chi connectivity index (χ1n) is 6.22. The molecule has 3 nitrogen and oxygen atoms in total. The Morgan fingerprint density at radius 2 is 2.06 bits per heavy atom. The van der Waals surface area contributed by atoms with Gasteiger partial charge in [-0.05, 0) is 32.8 Å². The number of likely N-dealkylation sites (tertiary alicyclic amines) is 2. The molecule has 2 heterocycles. The molecule has 0 aromatic rings. The first-order chi connectivity index (χ1) is 7.56. The molecule has 90 valence electrons. The highest BCUT2D eigenvalue weighted by atomic mass is 16.2. The minimum atomic E-state index is 0.0991. The Bertz CT molecular complexity index is 292. The van der Waals surface area contributed by atoms with Crippen LogP contribution in [-0.2, 0) is 4.79 Å². The average molecular weight is 222 g/mol. The van der Waals surface area contributed by atoms with E-state index in [4.69, 9.17) is 0 Å². The Morgan fingerprint density at radius 3 is 2.62 bits per heavy atom. The van der Waals surface area contributed by atoms with Crippen molar-refractivity contribution in [2.45, 2.75) is 32.7 Å². The zero-order valence-electron chi connectivity index (χ0n) is 10.4. The molecule has 2 saturated heterocycles. The zero-order chi connectivity index (χ0) is 11.8. The van der Waals surface area contributed by atoms with Gasteiger partial charge in [0.1, 0.15) is 0 Å². The Morgan fingerprint density at radius 1 is 1.38 bits per heavy atom. The quantitative estimate of drug-likeness (QED) is 0.661. The fourth-order valence-corrected chi connectivity index (χ4v) is 2.96. The molecular weight excluding hydrogens is 200 g/mol. The third-order valence-electron chi connectivity index (χ3n) is 3.96. The normalized spacial score (nSPS) is 24.6. The van der Waals surface area contributed by atoms with E-state index in [9.17, 15) is 4.79 Å². The summed E-state index contributed by atoms with van der Waals surface area (Å²) in [5, 5.41) is 0. The Kier molecular flexibility index (Phi) is 3.06. The molecule has 0 radical (unpaired) electrons. The van der Waals surface area contributed by atoms with Gasteiger partial charge in [0.25, 0.3) is 0 Å². The molecule has 0 atom stereocenters. The Labute approximate surface area is 98.1 Å². The second-order valence-electron chi connectivity index (χ2n) is 5.57. The number of amides is 1. The number of hydrogen-bond donors (Lipinski definition) is 0. The van der Waals surface area contributed by atoms with Gasteiger partial charge in [-0.2, -0.15) is 0 Å². The van der Waals surface area contributed by atoms with E-state index in [1.807, 2.05) is 4.90 Å². The SMILES string of the molecule is C=CC(=O)N1CCCC2(C1)CN(C(C)C)C2. The van der Waals surface area contributed by atoms with Crippen molar-refractivity contribution >= 4 is 5.91 Å². The Hall–Kier alpha value is -0.830. The van der Waals surface area contributed by atoms with Crippen LogP contribution < -0.4 is 0 Å². The predicted molar refractivity (Wildman–Crippen MR) is 65.2 cm³/mol. The van der Waals surface area contributed by atoms with Crippen molar-refractivity contribution in [3.8, 4) is 0 Å². The molecule has 2 rings (SSSR count). The lowest BCUT2D eigenvalue weighted by Gasteiger charge is -2.56. The van der Waals surface area contributed by atoms with Gasteiger partial charge in [-0.25, -0.2) is 0 Å². The lowest BCUT2D eigenvalue weighted by atomic mass is 9.72. The van der Waals surface area contributed by atoms with Crippen LogP contribution in [0.2, 0.25) is 0 Å². The number of carbonyl (C=O) groups excluding carboxylic acids is 1. The van der Waals surface area contributed by atoms with Gasteiger partial charge in [0, 0.05) is 37.6 Å². The van der Waals surface area contributed by atoms with E-state index in [0.29, 0.717) is 11.5 Å². The first-order valence-corrected chi connectivity index (χ1v) is 6.22. The van der Waals surface area contributed by atoms with Crippen LogP contribution in [-0.4, -0.2) is 47.9 Å². The second-order valence-corrected chi connectivity index (χ2v) is 5.57. The summed E-state index contributed by atoms with van der Waals surface area (Å²) in [5.41, 5.74) is 0.390. The average Bonchev–Trinajstić information content (AvgIpc) is 2.24. The summed E-state index contributed by atoms with van der Waals surface area (Å²) < 4.78 is 0. The highest BCUT2D eigenvalue weighted by Crippen LogP contribution is 2.39. The number of piperidine rings is 1. The highest BCUT2D eigenvalue weighted by Gasteiger charge is 2.46. The third-order valence-corrected chi connectivity index (χ3v) is 3.96. The van der Waals surface area contributed by atoms with Gasteiger partial charge in [0.15, 0.2) is 0 Å². The maximum atomic E-state index is 11.6. The summed E-state index contributed by atoms with van der Waals surface area (Å²) in [4.78, 5) is 16.1. The molecule has 1 amide bonds. The van der Waals surface area contributed by atoms with Crippen LogP contribution in [0.25, 0.3) is 0 Å². The van der Waals surface area contributed by atoms with Gasteiger partial charge in [-0.3, -0.25) is 9.69 Å². The summed E-state index contributed by atoms with van der Waals surface area (Å²) in [6.07, 6.45) is 3.86. The van der Waals surface area contributed by atoms with Gasteiger partial charge in [-0.15, -0.1) is 0 Å². The molecule has 2 fully saturated rings. The summed E-state index contributed by atoms with van der Waals surface area (Å²) in [6, 6.07) is 0.635. The summed E-state index contributed by atoms with van der Waals surface area (Å²) in [5.74, 6) is 0.0991. The van der Waals surface area contributed by atoms with E-state index in [-0.39, 0.29) is 5.91 Å². The van der Waals surface area contributed by atoms with E-state index < -0.39 is 0 Å². The molecule has 0 aromatic carbocycles. The number of hydrogen-bond acceptors (Lipinski definition) is 2. The van der Waals surface area contributed by atoms with Crippen LogP contribution in [0.15, 0.2) is 12.7 Å². The fraction of sp³-hybridized carbons (Fsp3) is 0.769.